The number of carboxylic acids is 1. The van der Waals surface area contributed by atoms with Crippen molar-refractivity contribution < 1.29 is 19.5 Å². The summed E-state index contributed by atoms with van der Waals surface area (Å²) in [4.78, 5) is 35.2. The van der Waals surface area contributed by atoms with Crippen molar-refractivity contribution in [2.24, 2.45) is 5.73 Å². The molecule has 4 rings (SSSR count). The van der Waals surface area contributed by atoms with Crippen LogP contribution in [0.15, 0.2) is 60.8 Å². The van der Waals surface area contributed by atoms with Gasteiger partial charge in [-0.1, -0.05) is 12.0 Å². The zero-order valence-corrected chi connectivity index (χ0v) is 17.4. The number of benzene rings is 2. The lowest BCUT2D eigenvalue weighted by Crippen LogP contribution is -2.13. The maximum absolute atomic E-state index is 12.7. The number of hydrogen-bond donors (Lipinski definition) is 3. The molecule has 2 aromatic heterocycles. The molecule has 0 fully saturated rings. The van der Waals surface area contributed by atoms with Gasteiger partial charge >= 0.3 is 5.97 Å². The van der Waals surface area contributed by atoms with Crippen molar-refractivity contribution >= 4 is 29.1 Å². The molecule has 4 aromatic rings. The quantitative estimate of drug-likeness (QED) is 0.418. The van der Waals surface area contributed by atoms with Crippen LogP contribution in [0.25, 0.3) is 5.65 Å². The molecule has 0 unspecified atom stereocenters. The zero-order chi connectivity index (χ0) is 23.5. The Hall–Kier alpha value is -4.97. The van der Waals surface area contributed by atoms with Gasteiger partial charge in [0.2, 0.25) is 11.7 Å². The number of nitrogens with one attached hydrogen (secondary N) is 1. The van der Waals surface area contributed by atoms with E-state index in [2.05, 4.69) is 27.4 Å². The van der Waals surface area contributed by atoms with E-state index in [4.69, 9.17) is 5.73 Å². The van der Waals surface area contributed by atoms with E-state index in [1.54, 1.807) is 42.6 Å². The first-order valence-corrected chi connectivity index (χ1v) is 9.74. The van der Waals surface area contributed by atoms with Gasteiger partial charge in [-0.2, -0.15) is 0 Å². The van der Waals surface area contributed by atoms with E-state index < -0.39 is 11.9 Å². The molecule has 0 saturated carbocycles. The average Bonchev–Trinajstić information content (AvgIpc) is 3.22. The molecule has 9 nitrogen and oxygen atoms in total. The van der Waals surface area contributed by atoms with Crippen LogP contribution in [-0.2, 0) is 0 Å². The van der Waals surface area contributed by atoms with E-state index in [0.29, 0.717) is 22.4 Å². The van der Waals surface area contributed by atoms with Gasteiger partial charge in [0.25, 0.3) is 5.91 Å². The van der Waals surface area contributed by atoms with Crippen molar-refractivity contribution in [3.63, 3.8) is 0 Å². The Balaban J connectivity index is 1.60. The third-order valence-electron chi connectivity index (χ3n) is 4.90. The molecule has 2 heterocycles. The Morgan fingerprint density at radius 1 is 1.00 bits per heavy atom. The van der Waals surface area contributed by atoms with Crippen LogP contribution in [0.2, 0.25) is 0 Å². The highest BCUT2D eigenvalue weighted by molar-refractivity contribution is 6.04. The van der Waals surface area contributed by atoms with Crippen LogP contribution < -0.4 is 11.1 Å². The summed E-state index contributed by atoms with van der Waals surface area (Å²) in [5, 5.41) is 19.9. The van der Waals surface area contributed by atoms with Crippen LogP contribution >= 0.6 is 0 Å². The molecule has 0 aliphatic heterocycles. The van der Waals surface area contributed by atoms with Gasteiger partial charge in [-0.25, -0.2) is 4.79 Å². The highest BCUT2D eigenvalue weighted by atomic mass is 16.4. The second-order valence-electron chi connectivity index (χ2n) is 7.12. The number of rotatable bonds is 4. The average molecular weight is 439 g/mol. The fourth-order valence-corrected chi connectivity index (χ4v) is 3.11. The van der Waals surface area contributed by atoms with Gasteiger partial charge in [0.05, 0.1) is 0 Å². The molecule has 0 aliphatic carbocycles. The molecule has 0 radical (unpaired) electrons. The fourth-order valence-electron chi connectivity index (χ4n) is 3.11. The summed E-state index contributed by atoms with van der Waals surface area (Å²) < 4.78 is 1.50. The predicted octanol–water partition coefficient (Wildman–Crippen LogP) is 2.49. The van der Waals surface area contributed by atoms with Crippen LogP contribution in [0.1, 0.15) is 48.0 Å². The zero-order valence-electron chi connectivity index (χ0n) is 17.4. The van der Waals surface area contributed by atoms with E-state index in [9.17, 15) is 19.5 Å². The molecule has 4 N–H and O–H groups in total. The monoisotopic (exact) mass is 439 g/mol. The number of carboxylic acid groups (broad SMARTS) is 1. The number of primary amides is 1. The maximum Gasteiger partial charge on any atom is 0.339 e. The number of nitrogens with two attached hydrogens (primary N) is 1. The molecule has 162 valence electrons. The van der Waals surface area contributed by atoms with Crippen molar-refractivity contribution in [2.45, 2.75) is 6.92 Å². The number of aromatic nitrogens is 3. The first-order chi connectivity index (χ1) is 15.8. The maximum atomic E-state index is 12.7. The molecule has 2 amide bonds. The minimum Gasteiger partial charge on any atom is -0.478 e. The van der Waals surface area contributed by atoms with Gasteiger partial charge in [-0.15, -0.1) is 10.2 Å². The first-order valence-electron chi connectivity index (χ1n) is 9.74. The van der Waals surface area contributed by atoms with Gasteiger partial charge in [0, 0.05) is 28.6 Å². The molecule has 0 saturated heterocycles. The summed E-state index contributed by atoms with van der Waals surface area (Å²) in [7, 11) is 0. The minimum atomic E-state index is -1.11. The van der Waals surface area contributed by atoms with Crippen molar-refractivity contribution in [3.05, 3.63) is 94.4 Å². The lowest BCUT2D eigenvalue weighted by Gasteiger charge is -2.07. The van der Waals surface area contributed by atoms with Crippen LogP contribution in [0.4, 0.5) is 5.69 Å². The van der Waals surface area contributed by atoms with E-state index in [-0.39, 0.29) is 22.9 Å². The van der Waals surface area contributed by atoms with E-state index in [0.717, 1.165) is 5.56 Å². The largest absolute Gasteiger partial charge is 0.478 e. The molecular formula is C24H17N5O4. The Bertz CT molecular complexity index is 1480. The summed E-state index contributed by atoms with van der Waals surface area (Å²) >= 11 is 0. The van der Waals surface area contributed by atoms with Crippen LogP contribution in [0.3, 0.4) is 0 Å². The highest BCUT2D eigenvalue weighted by Crippen LogP contribution is 2.15. The number of fused-ring (bicyclic) bond motifs is 1. The van der Waals surface area contributed by atoms with Gasteiger partial charge in [-0.05, 0) is 66.9 Å². The highest BCUT2D eigenvalue weighted by Gasteiger charge is 2.13. The summed E-state index contributed by atoms with van der Waals surface area (Å²) in [6, 6.07) is 14.4. The van der Waals surface area contributed by atoms with Crippen LogP contribution in [0.5, 0.6) is 0 Å². The van der Waals surface area contributed by atoms with Crippen molar-refractivity contribution in [3.8, 4) is 11.8 Å². The Morgan fingerprint density at radius 2 is 1.73 bits per heavy atom. The number of aryl methyl sites for hydroxylation is 1. The third-order valence-corrected chi connectivity index (χ3v) is 4.90. The van der Waals surface area contributed by atoms with Crippen LogP contribution in [-0.4, -0.2) is 37.5 Å². The standard InChI is InChI=1S/C24H17N5O4/c1-14-4-5-17(23(31)26-18-9-6-15(7-10-18)21(25)30)13-16(14)8-11-20-27-28-22-19(24(32)33)3-2-12-29(20)22/h2-7,9-10,12-13H,1H3,(H2,25,30)(H,26,31)(H,32,33). The first kappa shape index (κ1) is 21.3. The number of carbonyl (C=O) groups is 3. The number of pyridine rings is 1. The second kappa shape index (κ2) is 8.64. The summed E-state index contributed by atoms with van der Waals surface area (Å²) in [5.74, 6) is 4.16. The summed E-state index contributed by atoms with van der Waals surface area (Å²) in [6.07, 6.45) is 1.63. The number of nitrogens with zero attached hydrogens (tertiary/aromatic N) is 3. The minimum absolute atomic E-state index is 0.0248. The summed E-state index contributed by atoms with van der Waals surface area (Å²) in [6.45, 7) is 1.86. The number of amides is 2. The Kier molecular flexibility index (Phi) is 5.57. The number of hydrogen-bond acceptors (Lipinski definition) is 5. The second-order valence-corrected chi connectivity index (χ2v) is 7.12. The molecule has 0 bridgehead atoms. The van der Waals surface area contributed by atoms with Gasteiger partial charge in [-0.3, -0.25) is 14.0 Å². The molecule has 9 heteroatoms. The van der Waals surface area contributed by atoms with Gasteiger partial charge < -0.3 is 16.2 Å². The molecule has 33 heavy (non-hydrogen) atoms. The lowest BCUT2D eigenvalue weighted by molar-refractivity contribution is 0.0697. The number of carbonyl (C=O) groups excluding carboxylic acids is 2. The topological polar surface area (TPSA) is 140 Å². The van der Waals surface area contributed by atoms with Crippen LogP contribution in [0, 0.1) is 18.8 Å². The Labute approximate surface area is 187 Å². The number of aromatic carboxylic acids is 1. The van der Waals surface area contributed by atoms with E-state index in [1.165, 1.54) is 22.6 Å². The van der Waals surface area contributed by atoms with E-state index >= 15 is 0 Å². The molecule has 2 aromatic carbocycles. The molecule has 0 spiro atoms. The SMILES string of the molecule is Cc1ccc(C(=O)Nc2ccc(C(N)=O)cc2)cc1C#Cc1nnc2c(C(=O)O)cccn12. The molecule has 0 atom stereocenters. The van der Waals surface area contributed by atoms with E-state index in [1.807, 2.05) is 6.92 Å². The van der Waals surface area contributed by atoms with Crippen molar-refractivity contribution in [2.75, 3.05) is 5.32 Å². The normalized spacial score (nSPS) is 10.3. The Morgan fingerprint density at radius 3 is 2.42 bits per heavy atom. The molecule has 0 aliphatic rings. The smallest absolute Gasteiger partial charge is 0.339 e. The lowest BCUT2D eigenvalue weighted by atomic mass is 10.0. The number of anilines is 1. The third kappa shape index (κ3) is 4.40. The summed E-state index contributed by atoms with van der Waals surface area (Å²) in [5.41, 5.74) is 8.16. The molecular weight excluding hydrogens is 422 g/mol. The van der Waals surface area contributed by atoms with Crippen molar-refractivity contribution in [1.29, 1.82) is 0 Å². The van der Waals surface area contributed by atoms with Gasteiger partial charge in [0.15, 0.2) is 5.65 Å². The van der Waals surface area contributed by atoms with Gasteiger partial charge in [0.1, 0.15) is 5.56 Å². The fraction of sp³-hybridized carbons (Fsp3) is 0.0417. The van der Waals surface area contributed by atoms with Crippen molar-refractivity contribution in [1.82, 2.24) is 14.6 Å². The predicted molar refractivity (Wildman–Crippen MR) is 120 cm³/mol.